The molecule has 1 N–H and O–H groups in total. The summed E-state index contributed by atoms with van der Waals surface area (Å²) in [5, 5.41) is 6.59. The van der Waals surface area contributed by atoms with E-state index in [2.05, 4.69) is 30.6 Å². The molecule has 1 aliphatic rings. The minimum absolute atomic E-state index is 0.319. The van der Waals surface area contributed by atoms with Crippen LogP contribution in [0.15, 0.2) is 11.4 Å². The van der Waals surface area contributed by atoms with E-state index < -0.39 is 0 Å². The molecule has 0 radical (unpaired) electrons. The van der Waals surface area contributed by atoms with E-state index in [0.717, 1.165) is 54.3 Å². The van der Waals surface area contributed by atoms with Crippen molar-refractivity contribution >= 4 is 27.4 Å². The predicted octanol–water partition coefficient (Wildman–Crippen LogP) is 3.54. The average Bonchev–Trinajstić information content (AvgIpc) is 3.04. The molecule has 0 saturated carbocycles. The maximum Gasteiger partial charge on any atom is 0.163 e. The molecular weight excluding hydrogens is 258 g/mol. The Hall–Kier alpha value is -1.20. The zero-order chi connectivity index (χ0) is 13.3. The molecule has 0 aliphatic carbocycles. The zero-order valence-electron chi connectivity index (χ0n) is 11.4. The lowest BCUT2D eigenvalue weighted by Crippen LogP contribution is -2.24. The number of anilines is 1. The van der Waals surface area contributed by atoms with Crippen molar-refractivity contribution in [3.63, 3.8) is 0 Å². The predicted molar refractivity (Wildman–Crippen MR) is 78.7 cm³/mol. The normalized spacial score (nSPS) is 23.1. The Balaban J connectivity index is 2.05. The molecule has 3 rings (SSSR count). The Bertz CT molecular complexity index is 575. The summed E-state index contributed by atoms with van der Waals surface area (Å²) in [5.41, 5.74) is -0.319. The monoisotopic (exact) mass is 277 g/mol. The number of hydrogen-bond donors (Lipinski definition) is 1. The highest BCUT2D eigenvalue weighted by Crippen LogP contribution is 2.36. The number of aromatic nitrogens is 2. The molecular formula is C14H19N3OS. The maximum atomic E-state index is 5.86. The van der Waals surface area contributed by atoms with Gasteiger partial charge in [-0.1, -0.05) is 6.92 Å². The maximum absolute atomic E-state index is 5.86. The summed E-state index contributed by atoms with van der Waals surface area (Å²) in [5.74, 6) is 1.76. The second-order valence-electron chi connectivity index (χ2n) is 5.14. The average molecular weight is 277 g/mol. The van der Waals surface area contributed by atoms with Crippen molar-refractivity contribution < 1.29 is 4.74 Å². The van der Waals surface area contributed by atoms with Gasteiger partial charge < -0.3 is 10.1 Å². The molecule has 1 unspecified atom stereocenters. The van der Waals surface area contributed by atoms with Gasteiger partial charge >= 0.3 is 0 Å². The van der Waals surface area contributed by atoms with Crippen LogP contribution in [-0.4, -0.2) is 23.1 Å². The van der Waals surface area contributed by atoms with Gasteiger partial charge in [-0.2, -0.15) is 0 Å². The standard InChI is InChI=1S/C14H19N3OS/c1-3-7-15-11-10-5-9-19-12(10)17-13(16-11)14(2)6-4-8-18-14/h5,9H,3-4,6-8H2,1-2H3,(H,15,16,17). The Morgan fingerprint density at radius 3 is 3.11 bits per heavy atom. The second kappa shape index (κ2) is 5.06. The molecule has 2 aromatic rings. The third kappa shape index (κ3) is 2.32. The fourth-order valence-corrected chi connectivity index (χ4v) is 3.19. The Labute approximate surface area is 117 Å². The lowest BCUT2D eigenvalue weighted by molar-refractivity contribution is 0.00976. The Morgan fingerprint density at radius 1 is 1.47 bits per heavy atom. The largest absolute Gasteiger partial charge is 0.369 e. The van der Waals surface area contributed by atoms with Gasteiger partial charge in [0.15, 0.2) is 5.82 Å². The Morgan fingerprint density at radius 2 is 2.37 bits per heavy atom. The van der Waals surface area contributed by atoms with E-state index in [0.29, 0.717) is 0 Å². The molecule has 0 spiro atoms. The summed E-state index contributed by atoms with van der Waals surface area (Å²) < 4.78 is 5.86. The van der Waals surface area contributed by atoms with E-state index >= 15 is 0 Å². The lowest BCUT2D eigenvalue weighted by Gasteiger charge is -2.22. The van der Waals surface area contributed by atoms with Crippen LogP contribution >= 0.6 is 11.3 Å². The van der Waals surface area contributed by atoms with Crippen molar-refractivity contribution in [1.82, 2.24) is 9.97 Å². The van der Waals surface area contributed by atoms with E-state index in [9.17, 15) is 0 Å². The molecule has 4 nitrogen and oxygen atoms in total. The van der Waals surface area contributed by atoms with E-state index in [1.807, 2.05) is 0 Å². The van der Waals surface area contributed by atoms with Crippen molar-refractivity contribution in [1.29, 1.82) is 0 Å². The summed E-state index contributed by atoms with van der Waals surface area (Å²) >= 11 is 1.66. The molecule has 2 aromatic heterocycles. The molecule has 19 heavy (non-hydrogen) atoms. The van der Waals surface area contributed by atoms with Crippen molar-refractivity contribution in [2.45, 2.75) is 38.7 Å². The van der Waals surface area contributed by atoms with Gasteiger partial charge in [0.05, 0.1) is 5.39 Å². The SMILES string of the molecule is CCCNc1nc(C2(C)CCCO2)nc2sccc12. The summed E-state index contributed by atoms with van der Waals surface area (Å²) in [6, 6.07) is 2.08. The minimum atomic E-state index is -0.319. The van der Waals surface area contributed by atoms with Crippen LogP contribution in [0, 0.1) is 0 Å². The molecule has 1 fully saturated rings. The fraction of sp³-hybridized carbons (Fsp3) is 0.571. The molecule has 102 valence electrons. The van der Waals surface area contributed by atoms with E-state index in [4.69, 9.17) is 14.7 Å². The van der Waals surface area contributed by atoms with Crippen molar-refractivity contribution in [3.8, 4) is 0 Å². The van der Waals surface area contributed by atoms with E-state index in [-0.39, 0.29) is 5.60 Å². The molecule has 1 aliphatic heterocycles. The van der Waals surface area contributed by atoms with Gasteiger partial charge in [0.25, 0.3) is 0 Å². The van der Waals surface area contributed by atoms with Crippen LogP contribution in [-0.2, 0) is 10.3 Å². The molecule has 1 saturated heterocycles. The number of thiophene rings is 1. The molecule has 3 heterocycles. The minimum Gasteiger partial charge on any atom is -0.369 e. The number of rotatable bonds is 4. The van der Waals surface area contributed by atoms with Crippen LogP contribution in [0.25, 0.3) is 10.2 Å². The summed E-state index contributed by atoms with van der Waals surface area (Å²) in [4.78, 5) is 10.5. The number of hydrogen-bond acceptors (Lipinski definition) is 5. The van der Waals surface area contributed by atoms with Gasteiger partial charge in [-0.15, -0.1) is 11.3 Å². The van der Waals surface area contributed by atoms with Gasteiger partial charge in [0.1, 0.15) is 16.2 Å². The Kier molecular flexibility index (Phi) is 3.41. The van der Waals surface area contributed by atoms with Crippen LogP contribution in [0.1, 0.15) is 38.9 Å². The first-order valence-electron chi connectivity index (χ1n) is 6.86. The van der Waals surface area contributed by atoms with E-state index in [1.54, 1.807) is 11.3 Å². The molecule has 5 heteroatoms. The van der Waals surface area contributed by atoms with Gasteiger partial charge in [-0.3, -0.25) is 0 Å². The lowest BCUT2D eigenvalue weighted by atomic mass is 10.0. The molecule has 0 aromatic carbocycles. The van der Waals surface area contributed by atoms with Crippen LogP contribution < -0.4 is 5.32 Å². The second-order valence-corrected chi connectivity index (χ2v) is 6.04. The summed E-state index contributed by atoms with van der Waals surface area (Å²) in [7, 11) is 0. The van der Waals surface area contributed by atoms with Crippen LogP contribution in [0.5, 0.6) is 0 Å². The van der Waals surface area contributed by atoms with Gasteiger partial charge in [0.2, 0.25) is 0 Å². The number of nitrogens with one attached hydrogen (secondary N) is 1. The molecule has 1 atom stereocenters. The van der Waals surface area contributed by atoms with Crippen molar-refractivity contribution in [2.75, 3.05) is 18.5 Å². The zero-order valence-corrected chi connectivity index (χ0v) is 12.2. The van der Waals surface area contributed by atoms with Gasteiger partial charge in [-0.05, 0) is 37.6 Å². The fourth-order valence-electron chi connectivity index (χ4n) is 2.43. The van der Waals surface area contributed by atoms with Crippen molar-refractivity contribution in [3.05, 3.63) is 17.3 Å². The number of nitrogens with zero attached hydrogens (tertiary/aromatic N) is 2. The van der Waals surface area contributed by atoms with E-state index in [1.165, 1.54) is 0 Å². The third-order valence-corrected chi connectivity index (χ3v) is 4.37. The van der Waals surface area contributed by atoms with Crippen LogP contribution in [0.2, 0.25) is 0 Å². The highest BCUT2D eigenvalue weighted by Gasteiger charge is 2.35. The first kappa shape index (κ1) is 12.8. The smallest absolute Gasteiger partial charge is 0.163 e. The van der Waals surface area contributed by atoms with Crippen LogP contribution in [0.3, 0.4) is 0 Å². The number of fused-ring (bicyclic) bond motifs is 1. The summed E-state index contributed by atoms with van der Waals surface area (Å²) in [6.45, 7) is 5.98. The molecule has 0 amide bonds. The topological polar surface area (TPSA) is 47.0 Å². The first-order chi connectivity index (χ1) is 9.23. The highest BCUT2D eigenvalue weighted by atomic mass is 32.1. The molecule has 0 bridgehead atoms. The van der Waals surface area contributed by atoms with Crippen molar-refractivity contribution in [2.24, 2.45) is 0 Å². The third-order valence-electron chi connectivity index (χ3n) is 3.56. The highest BCUT2D eigenvalue weighted by molar-refractivity contribution is 7.16. The number of ether oxygens (including phenoxy) is 1. The van der Waals surface area contributed by atoms with Crippen LogP contribution in [0.4, 0.5) is 5.82 Å². The van der Waals surface area contributed by atoms with Gasteiger partial charge in [0, 0.05) is 13.2 Å². The quantitative estimate of drug-likeness (QED) is 0.928. The first-order valence-corrected chi connectivity index (χ1v) is 7.74. The summed E-state index contributed by atoms with van der Waals surface area (Å²) in [6.07, 6.45) is 3.16. The van der Waals surface area contributed by atoms with Gasteiger partial charge in [-0.25, -0.2) is 9.97 Å².